The number of hydrogen-bond donors (Lipinski definition) is 0. The van der Waals surface area contributed by atoms with Gasteiger partial charge in [0.2, 0.25) is 0 Å². The summed E-state index contributed by atoms with van der Waals surface area (Å²) in [5.74, 6) is -1.61. The molecule has 0 aliphatic carbocycles. The largest absolute Gasteiger partial charge is 0.463 e. The number of esters is 3. The molecule has 3 rings (SSSR count). The van der Waals surface area contributed by atoms with Crippen LogP contribution in [0.4, 0.5) is 0 Å². The number of nitrogens with zero attached hydrogens (tertiary/aromatic N) is 2. The molecule has 0 saturated carbocycles. The van der Waals surface area contributed by atoms with E-state index >= 15 is 0 Å². The van der Waals surface area contributed by atoms with Crippen molar-refractivity contribution in [2.75, 3.05) is 6.61 Å². The van der Waals surface area contributed by atoms with Gasteiger partial charge in [-0.3, -0.25) is 14.4 Å². The topological polar surface area (TPSA) is 106 Å². The van der Waals surface area contributed by atoms with Gasteiger partial charge in [-0.2, -0.15) is 0 Å². The van der Waals surface area contributed by atoms with Crippen molar-refractivity contribution in [1.82, 2.24) is 9.55 Å². The van der Waals surface area contributed by atoms with E-state index in [1.807, 2.05) is 19.1 Å². The standard InChI is InChI=1S/C19H22N2O7/c1-10-5-7-20-18-14(10)6-8-21(18)19-17(27-13(4)24)16(26-12(3)23)15(28-19)9-25-11(2)22/h5-8,15-17,19H,9H2,1-4H3/t15-,16-,17-,19-/m1/s1. The number of rotatable bonds is 5. The molecule has 0 amide bonds. The van der Waals surface area contributed by atoms with E-state index in [0.717, 1.165) is 10.9 Å². The number of pyridine rings is 1. The molecule has 1 aliphatic heterocycles. The van der Waals surface area contributed by atoms with Crippen LogP contribution in [0.2, 0.25) is 0 Å². The Bertz CT molecular complexity index is 907. The molecule has 150 valence electrons. The quantitative estimate of drug-likeness (QED) is 0.561. The van der Waals surface area contributed by atoms with Gasteiger partial charge in [-0.15, -0.1) is 0 Å². The Morgan fingerprint density at radius 1 is 1.07 bits per heavy atom. The number of hydrogen-bond acceptors (Lipinski definition) is 8. The summed E-state index contributed by atoms with van der Waals surface area (Å²) in [6.07, 6.45) is -0.0350. The van der Waals surface area contributed by atoms with Gasteiger partial charge < -0.3 is 23.5 Å². The van der Waals surface area contributed by atoms with E-state index in [1.54, 1.807) is 17.0 Å². The van der Waals surface area contributed by atoms with Crippen LogP contribution in [0.3, 0.4) is 0 Å². The molecule has 2 aromatic rings. The summed E-state index contributed by atoms with van der Waals surface area (Å²) in [7, 11) is 0. The van der Waals surface area contributed by atoms with Crippen molar-refractivity contribution in [3.63, 3.8) is 0 Å². The first-order valence-corrected chi connectivity index (χ1v) is 8.83. The molecule has 0 radical (unpaired) electrons. The molecular weight excluding hydrogens is 368 g/mol. The van der Waals surface area contributed by atoms with E-state index < -0.39 is 42.4 Å². The summed E-state index contributed by atoms with van der Waals surface area (Å²) in [5.41, 5.74) is 1.66. The van der Waals surface area contributed by atoms with Crippen LogP contribution < -0.4 is 0 Å². The number of aromatic nitrogens is 2. The lowest BCUT2D eigenvalue weighted by Crippen LogP contribution is -2.40. The molecule has 0 unspecified atom stereocenters. The second-order valence-electron chi connectivity index (χ2n) is 6.60. The maximum atomic E-state index is 11.7. The third-order valence-electron chi connectivity index (χ3n) is 4.45. The van der Waals surface area contributed by atoms with Gasteiger partial charge in [-0.25, -0.2) is 4.98 Å². The van der Waals surface area contributed by atoms with E-state index in [9.17, 15) is 14.4 Å². The molecule has 2 aromatic heterocycles. The normalized spacial score (nSPS) is 24.1. The third-order valence-corrected chi connectivity index (χ3v) is 4.45. The van der Waals surface area contributed by atoms with Crippen LogP contribution in [0, 0.1) is 6.92 Å². The fraction of sp³-hybridized carbons (Fsp3) is 0.474. The highest BCUT2D eigenvalue weighted by Crippen LogP contribution is 2.36. The second kappa shape index (κ2) is 7.97. The molecule has 0 aromatic carbocycles. The third kappa shape index (κ3) is 3.99. The highest BCUT2D eigenvalue weighted by Gasteiger charge is 2.50. The number of ether oxygens (including phenoxy) is 4. The van der Waals surface area contributed by atoms with Crippen molar-refractivity contribution in [3.8, 4) is 0 Å². The lowest BCUT2D eigenvalue weighted by molar-refractivity contribution is -0.166. The summed E-state index contributed by atoms with van der Waals surface area (Å²) in [5, 5.41) is 0.917. The Morgan fingerprint density at radius 3 is 2.39 bits per heavy atom. The van der Waals surface area contributed by atoms with Gasteiger partial charge in [0.1, 0.15) is 18.4 Å². The maximum Gasteiger partial charge on any atom is 0.303 e. The minimum absolute atomic E-state index is 0.146. The molecule has 1 aliphatic rings. The van der Waals surface area contributed by atoms with Crippen LogP contribution in [0.15, 0.2) is 24.5 Å². The zero-order valence-electron chi connectivity index (χ0n) is 16.1. The molecular formula is C19H22N2O7. The predicted molar refractivity (Wildman–Crippen MR) is 96.1 cm³/mol. The zero-order valence-corrected chi connectivity index (χ0v) is 16.1. The Morgan fingerprint density at radius 2 is 1.75 bits per heavy atom. The Balaban J connectivity index is 2.01. The van der Waals surface area contributed by atoms with Gasteiger partial charge in [-0.1, -0.05) is 0 Å². The fourth-order valence-electron chi connectivity index (χ4n) is 3.31. The number of aryl methyl sites for hydroxylation is 1. The first-order chi connectivity index (χ1) is 13.3. The maximum absolute atomic E-state index is 11.7. The molecule has 1 fully saturated rings. The molecule has 0 N–H and O–H groups in total. The summed E-state index contributed by atoms with van der Waals surface area (Å²) >= 11 is 0. The fourth-order valence-corrected chi connectivity index (χ4v) is 3.31. The van der Waals surface area contributed by atoms with Crippen LogP contribution in [0.1, 0.15) is 32.6 Å². The van der Waals surface area contributed by atoms with Crippen LogP contribution in [-0.4, -0.2) is 52.4 Å². The van der Waals surface area contributed by atoms with Crippen LogP contribution in [-0.2, 0) is 33.3 Å². The van der Waals surface area contributed by atoms with Gasteiger partial charge in [0.05, 0.1) is 0 Å². The minimum atomic E-state index is -0.937. The molecule has 9 nitrogen and oxygen atoms in total. The minimum Gasteiger partial charge on any atom is -0.463 e. The molecule has 1 saturated heterocycles. The van der Waals surface area contributed by atoms with Crippen molar-refractivity contribution in [2.45, 2.75) is 52.2 Å². The Hall–Kier alpha value is -2.94. The van der Waals surface area contributed by atoms with Crippen LogP contribution in [0.25, 0.3) is 11.0 Å². The monoisotopic (exact) mass is 390 g/mol. The van der Waals surface area contributed by atoms with E-state index in [0.29, 0.717) is 5.65 Å². The second-order valence-corrected chi connectivity index (χ2v) is 6.60. The smallest absolute Gasteiger partial charge is 0.303 e. The van der Waals surface area contributed by atoms with Crippen LogP contribution in [0.5, 0.6) is 0 Å². The van der Waals surface area contributed by atoms with Gasteiger partial charge in [0.25, 0.3) is 0 Å². The van der Waals surface area contributed by atoms with Crippen molar-refractivity contribution in [1.29, 1.82) is 0 Å². The molecule has 9 heteroatoms. The van der Waals surface area contributed by atoms with Crippen molar-refractivity contribution >= 4 is 28.9 Å². The highest BCUT2D eigenvalue weighted by molar-refractivity contribution is 5.79. The number of carbonyl (C=O) groups is 3. The van der Waals surface area contributed by atoms with E-state index in [2.05, 4.69) is 4.98 Å². The van der Waals surface area contributed by atoms with Crippen molar-refractivity contribution in [2.24, 2.45) is 0 Å². The Kier molecular flexibility index (Phi) is 5.64. The zero-order chi connectivity index (χ0) is 20.4. The summed E-state index contributed by atoms with van der Waals surface area (Å²) in [6, 6.07) is 3.77. The van der Waals surface area contributed by atoms with Gasteiger partial charge >= 0.3 is 17.9 Å². The summed E-state index contributed by atoms with van der Waals surface area (Å²) in [6.45, 7) is 5.59. The highest BCUT2D eigenvalue weighted by atomic mass is 16.7. The molecule has 0 spiro atoms. The first-order valence-electron chi connectivity index (χ1n) is 8.83. The average molecular weight is 390 g/mol. The predicted octanol–water partition coefficient (Wildman–Crippen LogP) is 1.67. The van der Waals surface area contributed by atoms with E-state index in [1.165, 1.54) is 20.8 Å². The molecule has 4 atom stereocenters. The van der Waals surface area contributed by atoms with Gasteiger partial charge in [0, 0.05) is 38.6 Å². The van der Waals surface area contributed by atoms with Crippen molar-refractivity contribution < 1.29 is 33.3 Å². The van der Waals surface area contributed by atoms with Crippen molar-refractivity contribution in [3.05, 3.63) is 30.1 Å². The lowest BCUT2D eigenvalue weighted by Gasteiger charge is -2.24. The number of fused-ring (bicyclic) bond motifs is 1. The van der Waals surface area contributed by atoms with Gasteiger partial charge in [0.15, 0.2) is 18.4 Å². The average Bonchev–Trinajstić information content (AvgIpc) is 3.16. The molecule has 3 heterocycles. The summed E-state index contributed by atoms with van der Waals surface area (Å²) < 4.78 is 23.6. The lowest BCUT2D eigenvalue weighted by atomic mass is 10.1. The summed E-state index contributed by atoms with van der Waals surface area (Å²) in [4.78, 5) is 38.9. The SMILES string of the molecule is CC(=O)OC[C@H]1O[C@@H](n2ccc3c(C)ccnc32)[C@H](OC(C)=O)[C@@H]1OC(C)=O. The Labute approximate surface area is 161 Å². The van der Waals surface area contributed by atoms with E-state index in [-0.39, 0.29) is 6.61 Å². The van der Waals surface area contributed by atoms with Crippen LogP contribution >= 0.6 is 0 Å². The molecule has 0 bridgehead atoms. The van der Waals surface area contributed by atoms with Gasteiger partial charge in [-0.05, 0) is 24.6 Å². The first kappa shape index (κ1) is 19.8. The van der Waals surface area contributed by atoms with E-state index in [4.69, 9.17) is 18.9 Å². The number of carbonyl (C=O) groups excluding carboxylic acids is 3. The molecule has 28 heavy (non-hydrogen) atoms.